The van der Waals surface area contributed by atoms with Crippen molar-refractivity contribution in [3.63, 3.8) is 0 Å². The second-order valence-electron chi connectivity index (χ2n) is 5.52. The van der Waals surface area contributed by atoms with Gasteiger partial charge in [-0.05, 0) is 31.1 Å². The highest BCUT2D eigenvalue weighted by Gasteiger charge is 2.09. The number of aromatic nitrogens is 1. The zero-order valence-electron chi connectivity index (χ0n) is 13.1. The molecule has 0 bridgehead atoms. The third kappa shape index (κ3) is 4.93. The van der Waals surface area contributed by atoms with Gasteiger partial charge in [0, 0.05) is 18.3 Å². The van der Waals surface area contributed by atoms with Gasteiger partial charge in [-0.15, -0.1) is 11.3 Å². The molecule has 118 valence electrons. The first kappa shape index (κ1) is 16.6. The number of carboxylic acids is 1. The van der Waals surface area contributed by atoms with E-state index in [-0.39, 0.29) is 5.69 Å². The highest BCUT2D eigenvalue weighted by molar-refractivity contribution is 7.09. The Bertz CT molecular complexity index is 607. The minimum absolute atomic E-state index is 0.133. The van der Waals surface area contributed by atoms with E-state index in [1.165, 1.54) is 29.7 Å². The molecule has 5 heteroatoms. The minimum atomic E-state index is -0.965. The fraction of sp³-hybridized carbons (Fsp3) is 0.412. The average molecular weight is 318 g/mol. The molecule has 4 nitrogen and oxygen atoms in total. The van der Waals surface area contributed by atoms with Crippen LogP contribution in [-0.2, 0) is 13.0 Å². The van der Waals surface area contributed by atoms with Crippen molar-refractivity contribution in [3.05, 3.63) is 51.5 Å². The van der Waals surface area contributed by atoms with Crippen molar-refractivity contribution in [1.82, 2.24) is 9.88 Å². The highest BCUT2D eigenvalue weighted by atomic mass is 32.1. The lowest BCUT2D eigenvalue weighted by Gasteiger charge is -2.16. The number of aromatic carboxylic acids is 1. The monoisotopic (exact) mass is 318 g/mol. The molecule has 0 amide bonds. The predicted molar refractivity (Wildman–Crippen MR) is 89.6 cm³/mol. The Labute approximate surface area is 135 Å². The van der Waals surface area contributed by atoms with E-state index in [0.29, 0.717) is 6.42 Å². The summed E-state index contributed by atoms with van der Waals surface area (Å²) in [5.74, 6) is -0.965. The summed E-state index contributed by atoms with van der Waals surface area (Å²) < 4.78 is 0. The van der Waals surface area contributed by atoms with E-state index in [4.69, 9.17) is 5.11 Å². The number of unbranched alkanes of at least 4 members (excludes halogenated alkanes) is 1. The highest BCUT2D eigenvalue weighted by Crippen LogP contribution is 2.16. The van der Waals surface area contributed by atoms with Crippen molar-refractivity contribution in [2.45, 2.75) is 32.7 Å². The number of hydrogen-bond donors (Lipinski definition) is 1. The maximum Gasteiger partial charge on any atom is 0.355 e. The molecule has 1 aromatic heterocycles. The van der Waals surface area contributed by atoms with Crippen molar-refractivity contribution >= 4 is 17.3 Å². The van der Waals surface area contributed by atoms with Gasteiger partial charge < -0.3 is 10.0 Å². The van der Waals surface area contributed by atoms with Gasteiger partial charge in [-0.1, -0.05) is 37.6 Å². The number of nitrogens with zero attached hydrogens (tertiary/aromatic N) is 2. The number of thiazole rings is 1. The summed E-state index contributed by atoms with van der Waals surface area (Å²) in [5.41, 5.74) is 2.59. The standard InChI is InChI=1S/C17H22N2O2S/c1-3-4-9-19(2)11-14-7-5-13(6-8-14)10-16-18-15(12-22-16)17(20)21/h5-8,12H,3-4,9-11H2,1-2H3,(H,20,21). The van der Waals surface area contributed by atoms with Crippen LogP contribution in [0.15, 0.2) is 29.6 Å². The van der Waals surface area contributed by atoms with Gasteiger partial charge in [-0.3, -0.25) is 0 Å². The lowest BCUT2D eigenvalue weighted by molar-refractivity contribution is 0.0691. The fourth-order valence-electron chi connectivity index (χ4n) is 2.25. The number of hydrogen-bond acceptors (Lipinski definition) is 4. The van der Waals surface area contributed by atoms with Crippen LogP contribution in [0.2, 0.25) is 0 Å². The molecule has 0 saturated carbocycles. The van der Waals surface area contributed by atoms with Crippen LogP contribution in [0.4, 0.5) is 0 Å². The van der Waals surface area contributed by atoms with Gasteiger partial charge in [0.15, 0.2) is 5.69 Å². The molecule has 0 atom stereocenters. The topological polar surface area (TPSA) is 53.4 Å². The van der Waals surface area contributed by atoms with Crippen LogP contribution >= 0.6 is 11.3 Å². The van der Waals surface area contributed by atoms with Gasteiger partial charge >= 0.3 is 5.97 Å². The van der Waals surface area contributed by atoms with Gasteiger partial charge in [0.1, 0.15) is 0 Å². The Morgan fingerprint density at radius 1 is 1.27 bits per heavy atom. The van der Waals surface area contributed by atoms with Crippen molar-refractivity contribution in [1.29, 1.82) is 0 Å². The van der Waals surface area contributed by atoms with Crippen LogP contribution in [0.5, 0.6) is 0 Å². The Morgan fingerprint density at radius 3 is 2.55 bits per heavy atom. The minimum Gasteiger partial charge on any atom is -0.476 e. The molecule has 2 rings (SSSR count). The van der Waals surface area contributed by atoms with E-state index in [9.17, 15) is 4.79 Å². The third-order valence-electron chi connectivity index (χ3n) is 3.50. The summed E-state index contributed by atoms with van der Waals surface area (Å²) in [6.45, 7) is 4.28. The Balaban J connectivity index is 1.92. The van der Waals surface area contributed by atoms with Crippen molar-refractivity contribution in [2.75, 3.05) is 13.6 Å². The summed E-state index contributed by atoms with van der Waals surface area (Å²) in [5, 5.41) is 11.3. The van der Waals surface area contributed by atoms with E-state index in [0.717, 1.165) is 23.7 Å². The van der Waals surface area contributed by atoms with Crippen molar-refractivity contribution < 1.29 is 9.90 Å². The Hall–Kier alpha value is -1.72. The number of carbonyl (C=O) groups is 1. The number of rotatable bonds is 8. The summed E-state index contributed by atoms with van der Waals surface area (Å²) in [6, 6.07) is 8.49. The molecule has 0 radical (unpaired) electrons. The lowest BCUT2D eigenvalue weighted by Crippen LogP contribution is -2.18. The van der Waals surface area contributed by atoms with E-state index in [1.807, 2.05) is 0 Å². The molecule has 0 saturated heterocycles. The SMILES string of the molecule is CCCCN(C)Cc1ccc(Cc2nc(C(=O)O)cs2)cc1. The molecular formula is C17H22N2O2S. The van der Waals surface area contributed by atoms with Gasteiger partial charge in [0.2, 0.25) is 0 Å². The van der Waals surface area contributed by atoms with Crippen LogP contribution in [0.3, 0.4) is 0 Å². The van der Waals surface area contributed by atoms with E-state index >= 15 is 0 Å². The first-order chi connectivity index (χ1) is 10.6. The number of carboxylic acid groups (broad SMARTS) is 1. The zero-order chi connectivity index (χ0) is 15.9. The Kier molecular flexibility index (Phi) is 6.10. The molecule has 1 aromatic carbocycles. The molecule has 0 aliphatic carbocycles. The maximum atomic E-state index is 10.8. The van der Waals surface area contributed by atoms with Crippen LogP contribution in [0.25, 0.3) is 0 Å². The van der Waals surface area contributed by atoms with Crippen LogP contribution in [0.1, 0.15) is 46.4 Å². The summed E-state index contributed by atoms with van der Waals surface area (Å²) in [4.78, 5) is 17.3. The van der Waals surface area contributed by atoms with Gasteiger partial charge in [-0.2, -0.15) is 0 Å². The molecule has 22 heavy (non-hydrogen) atoms. The van der Waals surface area contributed by atoms with Crippen molar-refractivity contribution in [3.8, 4) is 0 Å². The molecule has 0 aliphatic rings. The molecule has 0 unspecified atom stereocenters. The van der Waals surface area contributed by atoms with Gasteiger partial charge in [0.05, 0.1) is 5.01 Å². The molecule has 0 fully saturated rings. The normalized spacial score (nSPS) is 11.0. The second kappa shape index (κ2) is 8.06. The van der Waals surface area contributed by atoms with E-state index in [1.54, 1.807) is 5.38 Å². The number of benzene rings is 1. The molecular weight excluding hydrogens is 296 g/mol. The van der Waals surface area contributed by atoms with Gasteiger partial charge in [0.25, 0.3) is 0 Å². The van der Waals surface area contributed by atoms with Crippen LogP contribution in [-0.4, -0.2) is 34.6 Å². The fourth-order valence-corrected chi connectivity index (χ4v) is 3.05. The lowest BCUT2D eigenvalue weighted by atomic mass is 10.1. The summed E-state index contributed by atoms with van der Waals surface area (Å²) in [6.07, 6.45) is 3.13. The van der Waals surface area contributed by atoms with E-state index < -0.39 is 5.97 Å². The quantitative estimate of drug-likeness (QED) is 0.807. The molecule has 1 N–H and O–H groups in total. The smallest absolute Gasteiger partial charge is 0.355 e. The average Bonchev–Trinajstić information content (AvgIpc) is 2.96. The molecule has 0 spiro atoms. The molecule has 2 aromatic rings. The maximum absolute atomic E-state index is 10.8. The van der Waals surface area contributed by atoms with Crippen LogP contribution in [0, 0.1) is 0 Å². The predicted octanol–water partition coefficient (Wildman–Crippen LogP) is 3.66. The summed E-state index contributed by atoms with van der Waals surface area (Å²) in [7, 11) is 2.15. The van der Waals surface area contributed by atoms with Crippen molar-refractivity contribution in [2.24, 2.45) is 0 Å². The molecule has 1 heterocycles. The summed E-state index contributed by atoms with van der Waals surface area (Å²) >= 11 is 1.40. The van der Waals surface area contributed by atoms with E-state index in [2.05, 4.69) is 48.1 Å². The van der Waals surface area contributed by atoms with Crippen LogP contribution < -0.4 is 0 Å². The largest absolute Gasteiger partial charge is 0.476 e. The first-order valence-electron chi connectivity index (χ1n) is 7.52. The van der Waals surface area contributed by atoms with Gasteiger partial charge in [-0.25, -0.2) is 9.78 Å². The zero-order valence-corrected chi connectivity index (χ0v) is 13.9. The first-order valence-corrected chi connectivity index (χ1v) is 8.40. The Morgan fingerprint density at radius 2 is 1.95 bits per heavy atom. The third-order valence-corrected chi connectivity index (χ3v) is 4.34. The second-order valence-corrected chi connectivity index (χ2v) is 6.46. The molecule has 0 aliphatic heterocycles.